The Morgan fingerprint density at radius 2 is 2.09 bits per heavy atom. The molecule has 1 aromatic rings. The maximum absolute atomic E-state index is 12.2. The van der Waals surface area contributed by atoms with E-state index >= 15 is 0 Å². The Labute approximate surface area is 130 Å². The summed E-state index contributed by atoms with van der Waals surface area (Å²) in [7, 11) is -3.46. The lowest BCUT2D eigenvalue weighted by Crippen LogP contribution is -2.44. The number of nitro benzene ring substituents is 1. The average molecular weight is 327 g/mol. The molecule has 1 aliphatic rings. The molecule has 7 nitrogen and oxygen atoms in total. The summed E-state index contributed by atoms with van der Waals surface area (Å²) in [5.74, 6) is 0.121. The topological polar surface area (TPSA) is 101 Å². The molecule has 22 heavy (non-hydrogen) atoms. The smallest absolute Gasteiger partial charge is 0.269 e. The highest BCUT2D eigenvalue weighted by molar-refractivity contribution is 7.88. The Hall–Kier alpha value is -1.51. The molecule has 0 aromatic heterocycles. The van der Waals surface area contributed by atoms with Crippen LogP contribution in [0.1, 0.15) is 25.3 Å². The number of nitrogens with one attached hydrogen (secondary N) is 2. The molecule has 0 saturated carbocycles. The van der Waals surface area contributed by atoms with Crippen molar-refractivity contribution in [2.75, 3.05) is 13.1 Å². The number of nitrogens with zero attached hydrogens (tertiary/aromatic N) is 1. The molecular formula is C14H21N3O4S. The second kappa shape index (κ2) is 7.17. The minimum absolute atomic E-state index is 0.0456. The number of hydrogen-bond donors (Lipinski definition) is 2. The van der Waals surface area contributed by atoms with E-state index in [4.69, 9.17) is 0 Å². The van der Waals surface area contributed by atoms with Crippen molar-refractivity contribution in [1.29, 1.82) is 0 Å². The van der Waals surface area contributed by atoms with E-state index in [9.17, 15) is 18.5 Å². The average Bonchev–Trinajstić information content (AvgIpc) is 2.47. The fraction of sp³-hybridized carbons (Fsp3) is 0.571. The first kappa shape index (κ1) is 16.9. The van der Waals surface area contributed by atoms with E-state index < -0.39 is 14.9 Å². The van der Waals surface area contributed by atoms with Crippen LogP contribution in [0.2, 0.25) is 0 Å². The summed E-state index contributed by atoms with van der Waals surface area (Å²) in [6.07, 6.45) is 2.06. The molecule has 2 unspecified atom stereocenters. The molecule has 1 aromatic carbocycles. The van der Waals surface area contributed by atoms with Gasteiger partial charge in [-0.15, -0.1) is 0 Å². The molecule has 1 heterocycles. The quantitative estimate of drug-likeness (QED) is 0.607. The summed E-state index contributed by atoms with van der Waals surface area (Å²) >= 11 is 0. The van der Waals surface area contributed by atoms with E-state index in [0.717, 1.165) is 25.9 Å². The number of hydrogen-bond acceptors (Lipinski definition) is 5. The van der Waals surface area contributed by atoms with E-state index in [0.29, 0.717) is 11.5 Å². The van der Waals surface area contributed by atoms with E-state index in [1.54, 1.807) is 0 Å². The normalized spacial score (nSPS) is 20.5. The third kappa shape index (κ3) is 4.75. The minimum Gasteiger partial charge on any atom is -0.316 e. The van der Waals surface area contributed by atoms with Gasteiger partial charge in [-0.3, -0.25) is 10.1 Å². The lowest BCUT2D eigenvalue weighted by Gasteiger charge is -2.28. The zero-order valence-corrected chi connectivity index (χ0v) is 13.3. The van der Waals surface area contributed by atoms with E-state index in [-0.39, 0.29) is 17.5 Å². The number of non-ortho nitro benzene ring substituents is 1. The van der Waals surface area contributed by atoms with Gasteiger partial charge in [0.25, 0.3) is 5.69 Å². The van der Waals surface area contributed by atoms with Crippen molar-refractivity contribution >= 4 is 15.7 Å². The van der Waals surface area contributed by atoms with E-state index in [1.165, 1.54) is 24.3 Å². The number of benzene rings is 1. The second-order valence-corrected chi connectivity index (χ2v) is 7.45. The Kier molecular flexibility index (Phi) is 5.49. The van der Waals surface area contributed by atoms with Gasteiger partial charge in [0, 0.05) is 18.2 Å². The molecule has 0 amide bonds. The van der Waals surface area contributed by atoms with Gasteiger partial charge in [0.15, 0.2) is 0 Å². The predicted molar refractivity (Wildman–Crippen MR) is 83.9 cm³/mol. The van der Waals surface area contributed by atoms with Crippen LogP contribution in [0, 0.1) is 16.0 Å². The Bertz CT molecular complexity index is 609. The zero-order chi connectivity index (χ0) is 16.2. The van der Waals surface area contributed by atoms with Crippen LogP contribution in [0.25, 0.3) is 0 Å². The van der Waals surface area contributed by atoms with Gasteiger partial charge < -0.3 is 5.32 Å². The summed E-state index contributed by atoms with van der Waals surface area (Å²) in [6, 6.07) is 5.46. The third-order valence-electron chi connectivity index (χ3n) is 3.91. The fourth-order valence-electron chi connectivity index (χ4n) is 2.66. The Morgan fingerprint density at radius 1 is 1.41 bits per heavy atom. The maximum atomic E-state index is 12.2. The first-order valence-corrected chi connectivity index (χ1v) is 8.97. The summed E-state index contributed by atoms with van der Waals surface area (Å²) < 4.78 is 27.1. The van der Waals surface area contributed by atoms with Gasteiger partial charge in [-0.05, 0) is 44.3 Å². The molecule has 0 aliphatic carbocycles. The highest BCUT2D eigenvalue weighted by atomic mass is 32.2. The van der Waals surface area contributed by atoms with Crippen LogP contribution in [0.15, 0.2) is 24.3 Å². The first-order chi connectivity index (χ1) is 10.4. The maximum Gasteiger partial charge on any atom is 0.269 e. The molecule has 2 rings (SSSR count). The number of sulfonamides is 1. The summed E-state index contributed by atoms with van der Waals surface area (Å²) in [4.78, 5) is 10.1. The van der Waals surface area contributed by atoms with Crippen LogP contribution >= 0.6 is 0 Å². The first-order valence-electron chi connectivity index (χ1n) is 7.31. The lowest BCUT2D eigenvalue weighted by atomic mass is 9.94. The van der Waals surface area contributed by atoms with E-state index in [2.05, 4.69) is 10.0 Å². The van der Waals surface area contributed by atoms with Crippen LogP contribution in [0.4, 0.5) is 5.69 Å². The Balaban J connectivity index is 1.96. The molecule has 0 spiro atoms. The van der Waals surface area contributed by atoms with Gasteiger partial charge in [0.1, 0.15) is 0 Å². The molecule has 1 saturated heterocycles. The standard InChI is InChI=1S/C14H21N3O4S/c1-11(13-3-2-8-15-9-13)16-22(20,21)10-12-4-6-14(7-5-12)17(18)19/h4-7,11,13,15-16H,2-3,8-10H2,1H3. The second-order valence-electron chi connectivity index (χ2n) is 5.70. The SMILES string of the molecule is CC(NS(=O)(=O)Cc1ccc([N+](=O)[O-])cc1)C1CCCNC1. The van der Waals surface area contributed by atoms with Crippen molar-refractivity contribution in [1.82, 2.24) is 10.0 Å². The van der Waals surface area contributed by atoms with Crippen molar-refractivity contribution in [3.8, 4) is 0 Å². The molecule has 2 N–H and O–H groups in total. The van der Waals surface area contributed by atoms with Crippen LogP contribution in [0.5, 0.6) is 0 Å². The van der Waals surface area contributed by atoms with Crippen molar-refractivity contribution in [2.45, 2.75) is 31.6 Å². The summed E-state index contributed by atoms with van der Waals surface area (Å²) in [5, 5.41) is 13.9. The number of piperidine rings is 1. The van der Waals surface area contributed by atoms with Gasteiger partial charge in [-0.2, -0.15) is 0 Å². The van der Waals surface area contributed by atoms with Crippen molar-refractivity contribution in [3.63, 3.8) is 0 Å². The largest absolute Gasteiger partial charge is 0.316 e. The van der Waals surface area contributed by atoms with Crippen molar-refractivity contribution in [2.24, 2.45) is 5.92 Å². The highest BCUT2D eigenvalue weighted by Crippen LogP contribution is 2.17. The summed E-state index contributed by atoms with van der Waals surface area (Å²) in [5.41, 5.74) is 0.489. The van der Waals surface area contributed by atoms with Gasteiger partial charge in [-0.1, -0.05) is 12.1 Å². The van der Waals surface area contributed by atoms with Gasteiger partial charge in [0.2, 0.25) is 10.0 Å². The Morgan fingerprint density at radius 3 is 2.64 bits per heavy atom. The van der Waals surface area contributed by atoms with Crippen LogP contribution in [-0.2, 0) is 15.8 Å². The zero-order valence-electron chi connectivity index (χ0n) is 12.5. The molecule has 122 valence electrons. The van der Waals surface area contributed by atoms with Crippen LogP contribution in [-0.4, -0.2) is 32.5 Å². The number of nitro groups is 1. The molecule has 0 bridgehead atoms. The van der Waals surface area contributed by atoms with Gasteiger partial charge in [-0.25, -0.2) is 13.1 Å². The fourth-order valence-corrected chi connectivity index (χ4v) is 4.13. The van der Waals surface area contributed by atoms with E-state index in [1.807, 2.05) is 6.92 Å². The molecular weight excluding hydrogens is 306 g/mol. The monoisotopic (exact) mass is 327 g/mol. The predicted octanol–water partition coefficient (Wildman–Crippen LogP) is 1.40. The molecule has 0 radical (unpaired) electrons. The highest BCUT2D eigenvalue weighted by Gasteiger charge is 2.24. The van der Waals surface area contributed by atoms with Crippen LogP contribution < -0.4 is 10.0 Å². The number of rotatable bonds is 6. The van der Waals surface area contributed by atoms with Crippen LogP contribution in [0.3, 0.4) is 0 Å². The molecule has 2 atom stereocenters. The molecule has 1 fully saturated rings. The van der Waals surface area contributed by atoms with Gasteiger partial charge in [0.05, 0.1) is 10.7 Å². The van der Waals surface area contributed by atoms with Crippen molar-refractivity contribution in [3.05, 3.63) is 39.9 Å². The third-order valence-corrected chi connectivity index (χ3v) is 5.36. The summed E-state index contributed by atoms with van der Waals surface area (Å²) in [6.45, 7) is 3.69. The molecule has 1 aliphatic heterocycles. The van der Waals surface area contributed by atoms with Gasteiger partial charge >= 0.3 is 0 Å². The van der Waals surface area contributed by atoms with Crippen molar-refractivity contribution < 1.29 is 13.3 Å². The lowest BCUT2D eigenvalue weighted by molar-refractivity contribution is -0.384. The minimum atomic E-state index is -3.46. The molecule has 8 heteroatoms.